The minimum atomic E-state index is -0.728. The molecule has 2 aromatic rings. The summed E-state index contributed by atoms with van der Waals surface area (Å²) in [4.78, 5) is 38.7. The molecule has 1 fully saturated rings. The maximum atomic E-state index is 12.7. The number of hydrogen-bond acceptors (Lipinski definition) is 5. The lowest BCUT2D eigenvalue weighted by atomic mass is 10.1. The molecule has 4 amide bonds. The molecule has 2 atom stereocenters. The molecular formula is C22H25N3O5. The van der Waals surface area contributed by atoms with E-state index in [4.69, 9.17) is 9.47 Å². The molecule has 0 spiro atoms. The Hall–Kier alpha value is -3.55. The summed E-state index contributed by atoms with van der Waals surface area (Å²) in [6.07, 6.45) is 0.277. The smallest absolute Gasteiger partial charge is 0.325 e. The number of ether oxygens (including phenoxy) is 2. The number of rotatable bonds is 8. The first-order valence-electron chi connectivity index (χ1n) is 9.64. The summed E-state index contributed by atoms with van der Waals surface area (Å²) in [5.74, 6) is 0.496. The van der Waals surface area contributed by atoms with Crippen LogP contribution < -0.4 is 20.1 Å². The third-order valence-corrected chi connectivity index (χ3v) is 5.02. The van der Waals surface area contributed by atoms with Crippen molar-refractivity contribution in [2.24, 2.45) is 0 Å². The summed E-state index contributed by atoms with van der Waals surface area (Å²) in [5, 5.41) is 5.44. The van der Waals surface area contributed by atoms with Crippen molar-refractivity contribution in [3.63, 3.8) is 0 Å². The van der Waals surface area contributed by atoms with Crippen molar-refractivity contribution in [2.45, 2.75) is 31.8 Å². The maximum Gasteiger partial charge on any atom is 0.325 e. The number of urea groups is 1. The van der Waals surface area contributed by atoms with Crippen molar-refractivity contribution in [1.29, 1.82) is 0 Å². The van der Waals surface area contributed by atoms with Crippen LogP contribution in [0.1, 0.15) is 31.4 Å². The molecule has 158 valence electrons. The molecule has 1 aliphatic heterocycles. The van der Waals surface area contributed by atoms with Crippen LogP contribution in [0.2, 0.25) is 0 Å². The number of anilines is 1. The zero-order valence-electron chi connectivity index (χ0n) is 17.2. The van der Waals surface area contributed by atoms with Crippen LogP contribution >= 0.6 is 0 Å². The third-order valence-electron chi connectivity index (χ3n) is 5.02. The Morgan fingerprint density at radius 2 is 1.73 bits per heavy atom. The van der Waals surface area contributed by atoms with Crippen LogP contribution in [0.25, 0.3) is 0 Å². The van der Waals surface area contributed by atoms with Crippen molar-refractivity contribution >= 4 is 23.5 Å². The Morgan fingerprint density at radius 3 is 2.33 bits per heavy atom. The monoisotopic (exact) mass is 411 g/mol. The number of nitrogens with one attached hydrogen (secondary N) is 2. The molecule has 0 bridgehead atoms. The van der Waals surface area contributed by atoms with Crippen molar-refractivity contribution in [3.8, 4) is 11.5 Å². The zero-order chi connectivity index (χ0) is 21.7. The van der Waals surface area contributed by atoms with E-state index in [-0.39, 0.29) is 30.7 Å². The second kappa shape index (κ2) is 9.30. The van der Waals surface area contributed by atoms with Gasteiger partial charge in [-0.25, -0.2) is 4.79 Å². The number of methoxy groups -OCH3 is 2. The van der Waals surface area contributed by atoms with Crippen LogP contribution in [0.5, 0.6) is 11.5 Å². The molecule has 2 aromatic carbocycles. The zero-order valence-corrected chi connectivity index (χ0v) is 17.2. The van der Waals surface area contributed by atoms with Crippen molar-refractivity contribution in [1.82, 2.24) is 10.2 Å². The van der Waals surface area contributed by atoms with Gasteiger partial charge in [0.2, 0.25) is 5.91 Å². The quantitative estimate of drug-likeness (QED) is 0.651. The molecular weight excluding hydrogens is 386 g/mol. The highest BCUT2D eigenvalue weighted by atomic mass is 16.5. The fourth-order valence-electron chi connectivity index (χ4n) is 3.37. The molecule has 0 radical (unpaired) electrons. The standard InChI is InChI=1S/C22H25N3O5/c1-14(15-7-5-4-6-8-15)25-21(27)19(24-22(25)28)9-10-20(26)23-16-11-17(29-2)13-18(12-16)30-3/h4-8,11-14,19H,9-10H2,1-3H3,(H,23,26)(H,24,28)/t14-,19+/m0/s1. The number of benzene rings is 2. The summed E-state index contributed by atoms with van der Waals surface area (Å²) in [7, 11) is 3.05. The molecule has 2 N–H and O–H groups in total. The van der Waals surface area contributed by atoms with Gasteiger partial charge in [0, 0.05) is 30.3 Å². The van der Waals surface area contributed by atoms with E-state index in [2.05, 4.69) is 10.6 Å². The molecule has 8 heteroatoms. The third kappa shape index (κ3) is 4.71. The molecule has 0 aliphatic carbocycles. The Balaban J connectivity index is 1.59. The average Bonchev–Trinajstić information content (AvgIpc) is 3.05. The van der Waals surface area contributed by atoms with Crippen molar-refractivity contribution in [2.75, 3.05) is 19.5 Å². The van der Waals surface area contributed by atoms with E-state index >= 15 is 0 Å². The normalized spacial score (nSPS) is 16.8. The van der Waals surface area contributed by atoms with Gasteiger partial charge in [-0.1, -0.05) is 30.3 Å². The van der Waals surface area contributed by atoms with Crippen LogP contribution in [0.4, 0.5) is 10.5 Å². The summed E-state index contributed by atoms with van der Waals surface area (Å²) < 4.78 is 10.4. The first-order valence-corrected chi connectivity index (χ1v) is 9.64. The number of carbonyl (C=O) groups is 3. The van der Waals surface area contributed by atoms with Gasteiger partial charge >= 0.3 is 6.03 Å². The Labute approximate surface area is 175 Å². The minimum absolute atomic E-state index is 0.0732. The highest BCUT2D eigenvalue weighted by Crippen LogP contribution is 2.27. The average molecular weight is 411 g/mol. The highest BCUT2D eigenvalue weighted by molar-refractivity contribution is 6.05. The van der Waals surface area contributed by atoms with Crippen LogP contribution in [-0.2, 0) is 9.59 Å². The van der Waals surface area contributed by atoms with E-state index in [1.165, 1.54) is 19.1 Å². The molecule has 0 unspecified atom stereocenters. The van der Waals surface area contributed by atoms with Crippen LogP contribution in [0.15, 0.2) is 48.5 Å². The summed E-state index contributed by atoms with van der Waals surface area (Å²) in [5.41, 5.74) is 1.39. The minimum Gasteiger partial charge on any atom is -0.497 e. The number of amides is 4. The molecule has 3 rings (SSSR count). The van der Waals surface area contributed by atoms with Gasteiger partial charge < -0.3 is 20.1 Å². The predicted octanol–water partition coefficient (Wildman–Crippen LogP) is 3.10. The molecule has 1 saturated heterocycles. The van der Waals surface area contributed by atoms with E-state index < -0.39 is 12.1 Å². The summed E-state index contributed by atoms with van der Waals surface area (Å²) in [6.45, 7) is 1.80. The lowest BCUT2D eigenvalue weighted by molar-refractivity contribution is -0.129. The molecule has 0 saturated carbocycles. The van der Waals surface area contributed by atoms with Gasteiger partial charge in [-0.3, -0.25) is 14.5 Å². The van der Waals surface area contributed by atoms with E-state index in [9.17, 15) is 14.4 Å². The first-order chi connectivity index (χ1) is 14.4. The lowest BCUT2D eigenvalue weighted by Gasteiger charge is -2.21. The fourth-order valence-corrected chi connectivity index (χ4v) is 3.37. The maximum absolute atomic E-state index is 12.7. The van der Waals surface area contributed by atoms with Crippen LogP contribution in [0.3, 0.4) is 0 Å². The molecule has 1 aliphatic rings. The number of hydrogen-bond donors (Lipinski definition) is 2. The molecule has 0 aromatic heterocycles. The summed E-state index contributed by atoms with van der Waals surface area (Å²) in [6, 6.07) is 12.8. The second-order valence-corrected chi connectivity index (χ2v) is 6.99. The number of imide groups is 1. The summed E-state index contributed by atoms with van der Waals surface area (Å²) >= 11 is 0. The van der Waals surface area contributed by atoms with E-state index in [0.717, 1.165) is 5.56 Å². The van der Waals surface area contributed by atoms with Crippen LogP contribution in [-0.4, -0.2) is 43.0 Å². The fraction of sp³-hybridized carbons (Fsp3) is 0.318. The van der Waals surface area contributed by atoms with E-state index in [0.29, 0.717) is 17.2 Å². The molecule has 8 nitrogen and oxygen atoms in total. The Bertz CT molecular complexity index is 909. The van der Waals surface area contributed by atoms with Gasteiger partial charge in [0.25, 0.3) is 5.91 Å². The van der Waals surface area contributed by atoms with Crippen molar-refractivity contribution in [3.05, 3.63) is 54.1 Å². The van der Waals surface area contributed by atoms with Gasteiger partial charge in [-0.05, 0) is 18.9 Å². The van der Waals surface area contributed by atoms with E-state index in [1.807, 2.05) is 30.3 Å². The van der Waals surface area contributed by atoms with Gasteiger partial charge in [0.15, 0.2) is 0 Å². The Morgan fingerprint density at radius 1 is 1.10 bits per heavy atom. The van der Waals surface area contributed by atoms with Gasteiger partial charge in [0.05, 0.1) is 20.3 Å². The lowest BCUT2D eigenvalue weighted by Crippen LogP contribution is -2.34. The van der Waals surface area contributed by atoms with Crippen LogP contribution in [0, 0.1) is 0 Å². The molecule has 30 heavy (non-hydrogen) atoms. The Kier molecular flexibility index (Phi) is 6.56. The number of nitrogens with zero attached hydrogens (tertiary/aromatic N) is 1. The van der Waals surface area contributed by atoms with Gasteiger partial charge in [-0.15, -0.1) is 0 Å². The van der Waals surface area contributed by atoms with Gasteiger partial charge in [0.1, 0.15) is 17.5 Å². The van der Waals surface area contributed by atoms with Gasteiger partial charge in [-0.2, -0.15) is 0 Å². The topological polar surface area (TPSA) is 97.0 Å². The predicted molar refractivity (Wildman–Crippen MR) is 111 cm³/mol. The SMILES string of the molecule is COc1cc(NC(=O)CC[C@H]2NC(=O)N([C@@H](C)c3ccccc3)C2=O)cc(OC)c1. The van der Waals surface area contributed by atoms with Crippen molar-refractivity contribution < 1.29 is 23.9 Å². The molecule has 1 heterocycles. The van der Waals surface area contributed by atoms with E-state index in [1.54, 1.807) is 25.1 Å². The first kappa shape index (κ1) is 21.2. The number of carbonyl (C=O) groups excluding carboxylic acids is 3. The largest absolute Gasteiger partial charge is 0.497 e. The second-order valence-electron chi connectivity index (χ2n) is 6.99. The highest BCUT2D eigenvalue weighted by Gasteiger charge is 2.40.